The number of carbonyl (C=O) groups excluding carboxylic acids is 2. The van der Waals surface area contributed by atoms with Crippen molar-refractivity contribution in [3.05, 3.63) is 59.1 Å². The molecule has 0 saturated carbocycles. The summed E-state index contributed by atoms with van der Waals surface area (Å²) < 4.78 is 11.2. The molecular weight excluding hydrogens is 418 g/mol. The van der Waals surface area contributed by atoms with Crippen LogP contribution in [0.2, 0.25) is 0 Å². The largest absolute Gasteiger partial charge is 0.444 e. The van der Waals surface area contributed by atoms with Crippen molar-refractivity contribution in [1.29, 1.82) is 0 Å². The molecule has 1 amide bonds. The second kappa shape index (κ2) is 10.5. The predicted molar refractivity (Wildman–Crippen MR) is 128 cm³/mol. The van der Waals surface area contributed by atoms with Gasteiger partial charge in [-0.05, 0) is 55.9 Å². The molecule has 1 N–H and O–H groups in total. The van der Waals surface area contributed by atoms with Crippen LogP contribution < -0.4 is 10.1 Å². The van der Waals surface area contributed by atoms with Crippen LogP contribution in [-0.4, -0.2) is 28.5 Å². The molecule has 2 aromatic rings. The van der Waals surface area contributed by atoms with Gasteiger partial charge in [0.25, 0.3) is 0 Å². The van der Waals surface area contributed by atoms with Crippen molar-refractivity contribution in [3.63, 3.8) is 0 Å². The number of hydrogen-bond acceptors (Lipinski definition) is 5. The Labute approximate surface area is 196 Å². The minimum Gasteiger partial charge on any atom is -0.444 e. The molecule has 0 aliphatic heterocycles. The third-order valence-electron chi connectivity index (χ3n) is 4.78. The van der Waals surface area contributed by atoms with Crippen molar-refractivity contribution in [3.8, 4) is 11.6 Å². The molecule has 1 aromatic heterocycles. The number of pyridine rings is 1. The summed E-state index contributed by atoms with van der Waals surface area (Å²) in [6.07, 6.45) is 1.58. The number of aromatic nitrogens is 1. The molecule has 176 valence electrons. The Hall–Kier alpha value is -3.40. The van der Waals surface area contributed by atoms with Crippen molar-refractivity contribution in [2.75, 3.05) is 0 Å². The lowest BCUT2D eigenvalue weighted by Crippen LogP contribution is -2.43. The maximum atomic E-state index is 12.7. The number of carbonyl (C=O) groups is 2. The lowest BCUT2D eigenvalue weighted by atomic mass is 9.86. The first-order valence-corrected chi connectivity index (χ1v) is 11.0. The molecule has 7 heteroatoms. The number of rotatable bonds is 7. The molecule has 0 saturated heterocycles. The van der Waals surface area contributed by atoms with E-state index in [9.17, 15) is 9.59 Å². The average Bonchev–Trinajstić information content (AvgIpc) is 2.71. The molecule has 0 bridgehead atoms. The summed E-state index contributed by atoms with van der Waals surface area (Å²) in [5.41, 5.74) is 1.35. The zero-order valence-electron chi connectivity index (χ0n) is 20.5. The zero-order chi connectivity index (χ0) is 24.8. The van der Waals surface area contributed by atoms with Gasteiger partial charge < -0.3 is 14.8 Å². The van der Waals surface area contributed by atoms with Crippen LogP contribution >= 0.6 is 0 Å². The smallest absolute Gasteiger partial charge is 0.408 e. The van der Waals surface area contributed by atoms with Gasteiger partial charge in [-0.15, -0.1) is 0 Å². The molecule has 0 unspecified atom stereocenters. The lowest BCUT2D eigenvalue weighted by Gasteiger charge is -2.23. The van der Waals surface area contributed by atoms with Gasteiger partial charge in [-0.1, -0.05) is 39.8 Å². The van der Waals surface area contributed by atoms with Gasteiger partial charge >= 0.3 is 6.09 Å². The highest BCUT2D eigenvalue weighted by Crippen LogP contribution is 2.36. The normalized spacial score (nSPS) is 12.4. The second-order valence-corrected chi connectivity index (χ2v) is 9.90. The summed E-state index contributed by atoms with van der Waals surface area (Å²) in [6, 6.07) is 8.18. The van der Waals surface area contributed by atoms with Gasteiger partial charge in [0, 0.05) is 18.7 Å². The first-order valence-electron chi connectivity index (χ1n) is 11.0. The molecule has 0 spiro atoms. The molecule has 1 aromatic carbocycles. The number of ether oxygens (including phenoxy) is 2. The first kappa shape index (κ1) is 25.9. The minimum absolute atomic E-state index is 0.122. The Balaban J connectivity index is 2.08. The van der Waals surface area contributed by atoms with Crippen molar-refractivity contribution in [2.24, 2.45) is 0 Å². The number of amides is 1. The fraction of sp³-hybridized carbons (Fsp3) is 0.462. The van der Waals surface area contributed by atoms with E-state index in [0.717, 1.165) is 11.1 Å². The summed E-state index contributed by atoms with van der Waals surface area (Å²) in [7, 11) is 0. The van der Waals surface area contributed by atoms with Crippen LogP contribution in [0.15, 0.2) is 36.5 Å². The fourth-order valence-electron chi connectivity index (χ4n) is 3.14. The fourth-order valence-corrected chi connectivity index (χ4v) is 3.14. The van der Waals surface area contributed by atoms with Crippen LogP contribution in [0.1, 0.15) is 66.0 Å². The summed E-state index contributed by atoms with van der Waals surface area (Å²) in [6.45, 7) is 20.6. The van der Waals surface area contributed by atoms with Gasteiger partial charge in [0.1, 0.15) is 11.4 Å². The number of Topliss-reactive ketones (excluding diaryl/α,β-unsaturated/α-hetero) is 1. The van der Waals surface area contributed by atoms with E-state index in [-0.39, 0.29) is 17.6 Å². The van der Waals surface area contributed by atoms with Crippen LogP contribution in [-0.2, 0) is 21.4 Å². The van der Waals surface area contributed by atoms with Gasteiger partial charge in [0.05, 0.1) is 12.6 Å². The van der Waals surface area contributed by atoms with Gasteiger partial charge in [-0.2, -0.15) is 0 Å². The summed E-state index contributed by atoms with van der Waals surface area (Å²) >= 11 is 0. The maximum absolute atomic E-state index is 12.7. The van der Waals surface area contributed by atoms with Gasteiger partial charge in [0.15, 0.2) is 11.5 Å². The van der Waals surface area contributed by atoms with Crippen LogP contribution in [0, 0.1) is 6.57 Å². The molecule has 2 rings (SSSR count). The Bertz CT molecular complexity index is 1030. The molecule has 0 aliphatic rings. The van der Waals surface area contributed by atoms with E-state index in [1.807, 2.05) is 13.0 Å². The number of benzene rings is 1. The zero-order valence-corrected chi connectivity index (χ0v) is 20.5. The van der Waals surface area contributed by atoms with Crippen molar-refractivity contribution >= 4 is 17.6 Å². The number of nitrogens with one attached hydrogen (secondary N) is 1. The molecular formula is C26H33N3O4. The van der Waals surface area contributed by atoms with Gasteiger partial charge in [-0.25, -0.2) is 14.6 Å². The topological polar surface area (TPSA) is 81.9 Å². The Kier molecular flexibility index (Phi) is 8.21. The third kappa shape index (κ3) is 7.90. The minimum atomic E-state index is -0.633. The molecule has 7 nitrogen and oxygen atoms in total. The summed E-state index contributed by atoms with van der Waals surface area (Å²) in [5.74, 6) is 0.911. The average molecular weight is 452 g/mol. The van der Waals surface area contributed by atoms with E-state index in [2.05, 4.69) is 35.9 Å². The highest BCUT2D eigenvalue weighted by atomic mass is 16.6. The van der Waals surface area contributed by atoms with E-state index >= 15 is 0 Å². The van der Waals surface area contributed by atoms with Crippen molar-refractivity contribution in [2.45, 2.75) is 78.4 Å². The van der Waals surface area contributed by atoms with Crippen LogP contribution in [0.25, 0.3) is 4.85 Å². The summed E-state index contributed by atoms with van der Waals surface area (Å²) in [5, 5.41) is 2.64. The highest BCUT2D eigenvalue weighted by Gasteiger charge is 2.23. The quantitative estimate of drug-likeness (QED) is 0.512. The maximum Gasteiger partial charge on any atom is 0.408 e. The van der Waals surface area contributed by atoms with E-state index in [1.54, 1.807) is 51.2 Å². The SMILES string of the molecule is [C-]#[N+]c1ccc(Oc2ccc(CC(=O)[C@@H](CC)NC(=O)OC(C)(C)C)cn2)c(C(C)(C)C)c1. The molecule has 0 aliphatic carbocycles. The molecule has 0 radical (unpaired) electrons. The van der Waals surface area contributed by atoms with E-state index in [0.29, 0.717) is 23.7 Å². The van der Waals surface area contributed by atoms with Crippen molar-refractivity contribution in [1.82, 2.24) is 10.3 Å². The Morgan fingerprint density at radius 2 is 1.82 bits per heavy atom. The van der Waals surface area contributed by atoms with Gasteiger partial charge in [-0.3, -0.25) is 4.79 Å². The predicted octanol–water partition coefficient (Wildman–Crippen LogP) is 6.14. The van der Waals surface area contributed by atoms with Crippen LogP contribution in [0.3, 0.4) is 0 Å². The molecule has 1 atom stereocenters. The van der Waals surface area contributed by atoms with Crippen LogP contribution in [0.4, 0.5) is 10.5 Å². The standard InChI is InChI=1S/C26H33N3O4/c1-9-20(29-24(31)33-26(5,6)7)21(30)14-17-10-13-23(28-16-17)32-22-12-11-18(27-8)15-19(22)25(2,3)4/h10-13,15-16,20H,9,14H2,1-7H3,(H,29,31)/t20-/m1/s1. The highest BCUT2D eigenvalue weighted by molar-refractivity contribution is 5.89. The first-order chi connectivity index (χ1) is 15.3. The lowest BCUT2D eigenvalue weighted by molar-refractivity contribution is -0.120. The Morgan fingerprint density at radius 3 is 2.33 bits per heavy atom. The molecule has 1 heterocycles. The van der Waals surface area contributed by atoms with E-state index in [4.69, 9.17) is 16.0 Å². The molecule has 0 fully saturated rings. The number of nitrogens with zero attached hydrogens (tertiary/aromatic N) is 2. The second-order valence-electron chi connectivity index (χ2n) is 9.90. The molecule has 33 heavy (non-hydrogen) atoms. The number of hydrogen-bond donors (Lipinski definition) is 1. The number of ketones is 1. The monoisotopic (exact) mass is 451 g/mol. The van der Waals surface area contributed by atoms with Crippen molar-refractivity contribution < 1.29 is 19.1 Å². The summed E-state index contributed by atoms with van der Waals surface area (Å²) in [4.78, 5) is 32.5. The van der Waals surface area contributed by atoms with E-state index < -0.39 is 17.7 Å². The van der Waals surface area contributed by atoms with Crippen LogP contribution in [0.5, 0.6) is 11.6 Å². The van der Waals surface area contributed by atoms with E-state index in [1.165, 1.54) is 0 Å². The Morgan fingerprint density at radius 1 is 1.12 bits per heavy atom. The number of alkyl carbamates (subject to hydrolysis) is 1. The third-order valence-corrected chi connectivity index (χ3v) is 4.78. The van der Waals surface area contributed by atoms with Gasteiger partial charge in [0.2, 0.25) is 5.88 Å².